The number of rotatable bonds is 9. The summed E-state index contributed by atoms with van der Waals surface area (Å²) in [5.74, 6) is -0.382. The van der Waals surface area contributed by atoms with Crippen LogP contribution in [-0.4, -0.2) is 45.0 Å². The summed E-state index contributed by atoms with van der Waals surface area (Å²) >= 11 is 2.01. The minimum Gasteiger partial charge on any atom is -0.481 e. The molecule has 0 aromatic carbocycles. The number of nitrogens with two attached hydrogens (primary N) is 1. The lowest BCUT2D eigenvalue weighted by atomic mass is 9.76. The molecule has 5 nitrogen and oxygen atoms in total. The summed E-state index contributed by atoms with van der Waals surface area (Å²) in [6.07, 6.45) is 2.31. The minimum atomic E-state index is -0.988. The molecule has 0 bridgehead atoms. The Hall–Kier alpha value is -0.590. The summed E-state index contributed by atoms with van der Waals surface area (Å²) in [6, 6.07) is -0.674. The maximum atomic E-state index is 10.9. The Kier molecular flexibility index (Phi) is 6.09. The Labute approximate surface area is 137 Å². The molecule has 22 heavy (non-hydrogen) atoms. The van der Waals surface area contributed by atoms with E-state index in [1.54, 1.807) is 0 Å². The normalized spacial score (nSPS) is 24.1. The van der Waals surface area contributed by atoms with E-state index in [0.29, 0.717) is 18.7 Å². The van der Waals surface area contributed by atoms with Crippen molar-refractivity contribution >= 4 is 24.0 Å². The van der Waals surface area contributed by atoms with Crippen molar-refractivity contribution in [2.75, 3.05) is 6.54 Å². The molecule has 1 aliphatic rings. The quantitative estimate of drug-likeness (QED) is 0.560. The van der Waals surface area contributed by atoms with Gasteiger partial charge in [-0.05, 0) is 25.7 Å². The van der Waals surface area contributed by atoms with Crippen LogP contribution in [0.1, 0.15) is 53.9 Å². The van der Waals surface area contributed by atoms with Crippen molar-refractivity contribution in [2.24, 2.45) is 11.7 Å². The summed E-state index contributed by atoms with van der Waals surface area (Å²) in [4.78, 5) is 21.5. The van der Waals surface area contributed by atoms with Crippen molar-refractivity contribution in [2.45, 2.75) is 75.0 Å². The Morgan fingerprint density at radius 3 is 2.36 bits per heavy atom. The lowest BCUT2D eigenvalue weighted by molar-refractivity contribution is -0.138. The van der Waals surface area contributed by atoms with Crippen molar-refractivity contribution in [3.63, 3.8) is 0 Å². The second kappa shape index (κ2) is 6.89. The van der Waals surface area contributed by atoms with Crippen LogP contribution >= 0.6 is 11.8 Å². The van der Waals surface area contributed by atoms with E-state index in [1.165, 1.54) is 0 Å². The van der Waals surface area contributed by atoms with Gasteiger partial charge in [0.05, 0.1) is 12.5 Å². The van der Waals surface area contributed by atoms with Crippen LogP contribution < -0.4 is 11.1 Å². The van der Waals surface area contributed by atoms with Crippen LogP contribution in [0.3, 0.4) is 0 Å². The van der Waals surface area contributed by atoms with Crippen LogP contribution in [0.25, 0.3) is 0 Å². The lowest BCUT2D eigenvalue weighted by Gasteiger charge is -2.57. The van der Waals surface area contributed by atoms with E-state index >= 15 is 0 Å². The smallest absolute Gasteiger partial charge is 0.305 e. The van der Waals surface area contributed by atoms with E-state index in [4.69, 9.17) is 10.8 Å². The molecule has 0 aromatic heterocycles. The Balaban J connectivity index is 2.47. The van der Waals surface area contributed by atoms with Gasteiger partial charge >= 0.3 is 5.97 Å². The summed E-state index contributed by atoms with van der Waals surface area (Å²) in [7, 11) is 0. The van der Waals surface area contributed by atoms with E-state index in [0.717, 1.165) is 12.8 Å². The van der Waals surface area contributed by atoms with Crippen LogP contribution in [0.2, 0.25) is 0 Å². The molecule has 128 valence electrons. The highest BCUT2D eigenvalue weighted by molar-refractivity contribution is 8.03. The second-order valence-electron chi connectivity index (χ2n) is 7.78. The zero-order valence-electron chi connectivity index (χ0n) is 14.3. The first-order chi connectivity index (χ1) is 9.89. The molecule has 1 aliphatic heterocycles. The van der Waals surface area contributed by atoms with Gasteiger partial charge in [-0.2, -0.15) is 0 Å². The average molecular weight is 330 g/mol. The Morgan fingerprint density at radius 1 is 1.41 bits per heavy atom. The molecule has 2 atom stereocenters. The number of aliphatic carboxylic acids is 1. The molecule has 0 amide bonds. The molecule has 1 unspecified atom stereocenters. The van der Waals surface area contributed by atoms with Crippen LogP contribution in [0.15, 0.2) is 0 Å². The summed E-state index contributed by atoms with van der Waals surface area (Å²) < 4.78 is 0.559. The van der Waals surface area contributed by atoms with Gasteiger partial charge in [0.1, 0.15) is 6.29 Å². The van der Waals surface area contributed by atoms with Gasteiger partial charge < -0.3 is 21.0 Å². The fourth-order valence-electron chi connectivity index (χ4n) is 3.58. The molecule has 6 heteroatoms. The van der Waals surface area contributed by atoms with Crippen LogP contribution in [-0.2, 0) is 9.59 Å². The molecule has 4 N–H and O–H groups in total. The molecule has 0 aromatic rings. The standard InChI is InChI=1S/C16H30N2O3S/c1-14(2)12(15(3,4)22-14)6-7-16(5,17)10-18-11(9-19)8-13(20)21/h9,11-12,18H,6-8,10,17H2,1-5H3,(H,20,21)/t11-,16?/m0/s1. The fraction of sp³-hybridized carbons (Fsp3) is 0.875. The molecule has 0 saturated carbocycles. The van der Waals surface area contributed by atoms with Crippen molar-refractivity contribution in [1.82, 2.24) is 5.32 Å². The van der Waals surface area contributed by atoms with Crippen molar-refractivity contribution < 1.29 is 14.7 Å². The first kappa shape index (κ1) is 19.5. The average Bonchev–Trinajstić information content (AvgIpc) is 2.31. The minimum absolute atomic E-state index is 0.209. The molecule has 1 rings (SSSR count). The van der Waals surface area contributed by atoms with Crippen molar-refractivity contribution in [3.8, 4) is 0 Å². The molecular weight excluding hydrogens is 300 g/mol. The largest absolute Gasteiger partial charge is 0.481 e. The number of hydrogen-bond donors (Lipinski definition) is 3. The molecule has 0 aliphatic carbocycles. The lowest BCUT2D eigenvalue weighted by Crippen LogP contribution is -2.56. The van der Waals surface area contributed by atoms with Crippen LogP contribution in [0.5, 0.6) is 0 Å². The number of hydrogen-bond acceptors (Lipinski definition) is 5. The summed E-state index contributed by atoms with van der Waals surface area (Å²) in [5, 5.41) is 11.7. The van der Waals surface area contributed by atoms with Crippen molar-refractivity contribution in [3.05, 3.63) is 0 Å². The van der Waals surface area contributed by atoms with Crippen LogP contribution in [0, 0.1) is 5.92 Å². The van der Waals surface area contributed by atoms with Gasteiger partial charge in [-0.15, -0.1) is 11.8 Å². The number of thioether (sulfide) groups is 1. The highest BCUT2D eigenvalue weighted by Crippen LogP contribution is 2.60. The first-order valence-electron chi connectivity index (χ1n) is 7.79. The highest BCUT2D eigenvalue weighted by atomic mass is 32.2. The topological polar surface area (TPSA) is 92.4 Å². The number of nitrogens with one attached hydrogen (secondary N) is 1. The SMILES string of the molecule is CC(N)(CCC1C(C)(C)SC1(C)C)CN[C@H](C=O)CC(=O)O. The maximum Gasteiger partial charge on any atom is 0.305 e. The van der Waals surface area contributed by atoms with Gasteiger partial charge in [0.25, 0.3) is 0 Å². The van der Waals surface area contributed by atoms with E-state index in [-0.39, 0.29) is 15.9 Å². The first-order valence-corrected chi connectivity index (χ1v) is 8.61. The molecule has 0 radical (unpaired) electrons. The molecule has 1 fully saturated rings. The van der Waals surface area contributed by atoms with Gasteiger partial charge in [-0.1, -0.05) is 27.7 Å². The number of carbonyl (C=O) groups is 2. The number of carboxylic acid groups (broad SMARTS) is 1. The maximum absolute atomic E-state index is 10.9. The molecule has 1 saturated heterocycles. The number of carbonyl (C=O) groups excluding carboxylic acids is 1. The number of carboxylic acids is 1. The monoisotopic (exact) mass is 330 g/mol. The van der Waals surface area contributed by atoms with E-state index in [2.05, 4.69) is 33.0 Å². The second-order valence-corrected chi connectivity index (χ2v) is 10.1. The Bertz CT molecular complexity index is 408. The van der Waals surface area contributed by atoms with Gasteiger partial charge in [-0.3, -0.25) is 4.79 Å². The summed E-state index contributed by atoms with van der Waals surface area (Å²) in [5.41, 5.74) is 5.87. The zero-order valence-corrected chi connectivity index (χ0v) is 15.1. The zero-order chi connectivity index (χ0) is 17.2. The molecular formula is C16H30N2O3S. The summed E-state index contributed by atoms with van der Waals surface area (Å²) in [6.45, 7) is 11.5. The third kappa shape index (κ3) is 5.25. The highest BCUT2D eigenvalue weighted by Gasteiger charge is 2.53. The van der Waals surface area contributed by atoms with E-state index in [9.17, 15) is 9.59 Å². The fourth-order valence-corrected chi connectivity index (χ4v) is 5.86. The van der Waals surface area contributed by atoms with Gasteiger partial charge in [0, 0.05) is 21.6 Å². The van der Waals surface area contributed by atoms with E-state index < -0.39 is 17.6 Å². The Morgan fingerprint density at radius 2 is 1.95 bits per heavy atom. The molecule has 1 heterocycles. The molecule has 0 spiro atoms. The third-order valence-electron chi connectivity index (χ3n) is 4.54. The van der Waals surface area contributed by atoms with Gasteiger partial charge in [0.2, 0.25) is 0 Å². The predicted molar refractivity (Wildman–Crippen MR) is 91.2 cm³/mol. The van der Waals surface area contributed by atoms with Gasteiger partial charge in [-0.25, -0.2) is 0 Å². The van der Waals surface area contributed by atoms with E-state index in [1.807, 2.05) is 18.7 Å². The van der Waals surface area contributed by atoms with Gasteiger partial charge in [0.15, 0.2) is 0 Å². The van der Waals surface area contributed by atoms with Crippen molar-refractivity contribution in [1.29, 1.82) is 0 Å². The number of aldehydes is 1. The van der Waals surface area contributed by atoms with Crippen LogP contribution in [0.4, 0.5) is 0 Å². The third-order valence-corrected chi connectivity index (χ3v) is 6.16. The predicted octanol–water partition coefficient (Wildman–Crippen LogP) is 2.04.